The first-order chi connectivity index (χ1) is 8.83. The van der Waals surface area contributed by atoms with Gasteiger partial charge in [0.1, 0.15) is 5.82 Å². The van der Waals surface area contributed by atoms with Crippen molar-refractivity contribution in [2.45, 2.75) is 38.1 Å². The van der Waals surface area contributed by atoms with E-state index >= 15 is 0 Å². The zero-order valence-corrected chi connectivity index (χ0v) is 12.3. The topological polar surface area (TPSA) is 58.2 Å². The van der Waals surface area contributed by atoms with E-state index in [0.717, 1.165) is 12.6 Å². The predicted molar refractivity (Wildman–Crippen MR) is 74.1 cm³/mol. The molecular weight excluding hydrogens is 267 g/mol. The first kappa shape index (κ1) is 16.1. The van der Waals surface area contributed by atoms with E-state index < -0.39 is 15.8 Å². The highest BCUT2D eigenvalue weighted by atomic mass is 32.2. The fraction of sp³-hybridized carbons (Fsp3) is 0.538. The van der Waals surface area contributed by atoms with Gasteiger partial charge in [0.25, 0.3) is 0 Å². The van der Waals surface area contributed by atoms with Gasteiger partial charge in [0.15, 0.2) is 0 Å². The molecule has 0 saturated heterocycles. The van der Waals surface area contributed by atoms with Gasteiger partial charge in [-0.15, -0.1) is 0 Å². The minimum Gasteiger partial charge on any atom is -0.314 e. The van der Waals surface area contributed by atoms with E-state index in [1.165, 1.54) is 12.1 Å². The highest BCUT2D eigenvalue weighted by Crippen LogP contribution is 2.15. The van der Waals surface area contributed by atoms with Crippen LogP contribution in [0.2, 0.25) is 0 Å². The van der Waals surface area contributed by atoms with Crippen LogP contribution < -0.4 is 10.0 Å². The fourth-order valence-electron chi connectivity index (χ4n) is 1.68. The van der Waals surface area contributed by atoms with Gasteiger partial charge >= 0.3 is 0 Å². The Morgan fingerprint density at radius 2 is 1.95 bits per heavy atom. The molecule has 108 valence electrons. The molecule has 0 heterocycles. The summed E-state index contributed by atoms with van der Waals surface area (Å²) < 4.78 is 39.5. The van der Waals surface area contributed by atoms with Crippen LogP contribution in [0, 0.1) is 12.7 Å². The van der Waals surface area contributed by atoms with E-state index in [4.69, 9.17) is 0 Å². The molecule has 0 unspecified atom stereocenters. The summed E-state index contributed by atoms with van der Waals surface area (Å²) in [7, 11) is -3.55. The minimum atomic E-state index is -3.55. The van der Waals surface area contributed by atoms with E-state index in [2.05, 4.69) is 10.0 Å². The predicted octanol–water partition coefficient (Wildman–Crippen LogP) is 1.80. The summed E-state index contributed by atoms with van der Waals surface area (Å²) >= 11 is 0. The number of hydrogen-bond donors (Lipinski definition) is 2. The van der Waals surface area contributed by atoms with Crippen LogP contribution in [0.5, 0.6) is 0 Å². The summed E-state index contributed by atoms with van der Waals surface area (Å²) in [6.45, 7) is 6.76. The minimum absolute atomic E-state index is 0.130. The summed E-state index contributed by atoms with van der Waals surface area (Å²) in [6.07, 6.45) is 0.706. The lowest BCUT2D eigenvalue weighted by molar-refractivity contribution is 0.554. The average Bonchev–Trinajstić information content (AvgIpc) is 2.27. The molecule has 0 aliphatic rings. The summed E-state index contributed by atoms with van der Waals surface area (Å²) in [6, 6.07) is 4.05. The molecular formula is C13H21FN2O2S. The second-order valence-corrected chi connectivity index (χ2v) is 6.51. The van der Waals surface area contributed by atoms with E-state index in [1.54, 1.807) is 6.92 Å². The average molecular weight is 288 g/mol. The lowest BCUT2D eigenvalue weighted by Gasteiger charge is -2.10. The molecule has 0 saturated carbocycles. The summed E-state index contributed by atoms with van der Waals surface area (Å²) in [4.78, 5) is 0.130. The SMILES string of the molecule is Cc1cc(F)ccc1S(=O)(=O)NCCCNC(C)C. The fourth-order valence-corrected chi connectivity index (χ4v) is 2.98. The zero-order valence-electron chi connectivity index (χ0n) is 11.5. The lowest BCUT2D eigenvalue weighted by Crippen LogP contribution is -2.30. The first-order valence-corrected chi connectivity index (χ1v) is 7.80. The van der Waals surface area contributed by atoms with Gasteiger partial charge in [0.05, 0.1) is 4.90 Å². The number of nitrogens with one attached hydrogen (secondary N) is 2. The molecule has 6 heteroatoms. The quantitative estimate of drug-likeness (QED) is 0.752. The zero-order chi connectivity index (χ0) is 14.5. The van der Waals surface area contributed by atoms with Crippen LogP contribution in [-0.4, -0.2) is 27.5 Å². The van der Waals surface area contributed by atoms with Crippen molar-refractivity contribution in [3.8, 4) is 0 Å². The second-order valence-electron chi connectivity index (χ2n) is 4.77. The lowest BCUT2D eigenvalue weighted by atomic mass is 10.2. The van der Waals surface area contributed by atoms with Gasteiger partial charge in [-0.2, -0.15) is 0 Å². The highest BCUT2D eigenvalue weighted by Gasteiger charge is 2.16. The van der Waals surface area contributed by atoms with Gasteiger partial charge in [-0.25, -0.2) is 17.5 Å². The van der Waals surface area contributed by atoms with Crippen LogP contribution >= 0.6 is 0 Å². The Bertz CT molecular complexity index is 515. The first-order valence-electron chi connectivity index (χ1n) is 6.32. The van der Waals surface area contributed by atoms with Crippen LogP contribution in [-0.2, 0) is 10.0 Å². The number of sulfonamides is 1. The number of halogens is 1. The summed E-state index contributed by atoms with van der Waals surface area (Å²) in [5.41, 5.74) is 0.410. The van der Waals surface area contributed by atoms with E-state index in [1.807, 2.05) is 13.8 Å². The maximum atomic E-state index is 12.9. The Kier molecular flexibility index (Phi) is 5.90. The van der Waals surface area contributed by atoms with Crippen molar-refractivity contribution in [1.29, 1.82) is 0 Å². The molecule has 0 aromatic heterocycles. The third kappa shape index (κ3) is 5.26. The molecule has 0 aliphatic heterocycles. The van der Waals surface area contributed by atoms with Crippen molar-refractivity contribution in [1.82, 2.24) is 10.0 Å². The smallest absolute Gasteiger partial charge is 0.240 e. The molecule has 1 aromatic carbocycles. The van der Waals surface area contributed by atoms with E-state index in [9.17, 15) is 12.8 Å². The third-order valence-electron chi connectivity index (χ3n) is 2.62. The Labute approximate surface area is 114 Å². The monoisotopic (exact) mass is 288 g/mol. The maximum Gasteiger partial charge on any atom is 0.240 e. The Hall–Kier alpha value is -0.980. The molecule has 1 aromatic rings. The molecule has 0 bridgehead atoms. The molecule has 0 atom stereocenters. The molecule has 0 spiro atoms. The molecule has 19 heavy (non-hydrogen) atoms. The largest absolute Gasteiger partial charge is 0.314 e. The normalized spacial score (nSPS) is 12.1. The van der Waals surface area contributed by atoms with Gasteiger partial charge in [0.2, 0.25) is 10.0 Å². The Morgan fingerprint density at radius 1 is 1.26 bits per heavy atom. The molecule has 0 aliphatic carbocycles. The van der Waals surface area contributed by atoms with Crippen molar-refractivity contribution < 1.29 is 12.8 Å². The van der Waals surface area contributed by atoms with Crippen molar-refractivity contribution in [3.05, 3.63) is 29.6 Å². The van der Waals surface area contributed by atoms with Crippen LogP contribution in [0.25, 0.3) is 0 Å². The summed E-state index contributed by atoms with van der Waals surface area (Å²) in [5.74, 6) is -0.433. The maximum absolute atomic E-state index is 12.9. The summed E-state index contributed by atoms with van der Waals surface area (Å²) in [5, 5.41) is 3.21. The van der Waals surface area contributed by atoms with E-state index in [0.29, 0.717) is 24.6 Å². The molecule has 1 rings (SSSR count). The van der Waals surface area contributed by atoms with Gasteiger partial charge in [0, 0.05) is 12.6 Å². The van der Waals surface area contributed by atoms with Crippen LogP contribution in [0.15, 0.2) is 23.1 Å². The third-order valence-corrected chi connectivity index (χ3v) is 4.25. The number of aryl methyl sites for hydroxylation is 1. The van der Waals surface area contributed by atoms with E-state index in [-0.39, 0.29) is 4.90 Å². The van der Waals surface area contributed by atoms with Crippen LogP contribution in [0.4, 0.5) is 4.39 Å². The van der Waals surface area contributed by atoms with Gasteiger partial charge in [-0.3, -0.25) is 0 Å². The highest BCUT2D eigenvalue weighted by molar-refractivity contribution is 7.89. The van der Waals surface area contributed by atoms with Gasteiger partial charge < -0.3 is 5.32 Å². The van der Waals surface area contributed by atoms with Crippen LogP contribution in [0.1, 0.15) is 25.8 Å². The molecule has 0 radical (unpaired) electrons. The van der Waals surface area contributed by atoms with Crippen molar-refractivity contribution >= 4 is 10.0 Å². The van der Waals surface area contributed by atoms with Gasteiger partial charge in [-0.05, 0) is 43.7 Å². The van der Waals surface area contributed by atoms with Crippen LogP contribution in [0.3, 0.4) is 0 Å². The second kappa shape index (κ2) is 6.98. The van der Waals surface area contributed by atoms with Crippen molar-refractivity contribution in [2.75, 3.05) is 13.1 Å². The standard InChI is InChI=1S/C13H21FN2O2S/c1-10(2)15-7-4-8-16-19(17,18)13-6-5-12(14)9-11(13)3/h5-6,9-10,15-16H,4,7-8H2,1-3H3. The molecule has 0 amide bonds. The Morgan fingerprint density at radius 3 is 2.53 bits per heavy atom. The Balaban J connectivity index is 2.56. The van der Waals surface area contributed by atoms with Gasteiger partial charge in [-0.1, -0.05) is 13.8 Å². The van der Waals surface area contributed by atoms with Crippen molar-refractivity contribution in [3.63, 3.8) is 0 Å². The molecule has 4 nitrogen and oxygen atoms in total. The number of rotatable bonds is 7. The van der Waals surface area contributed by atoms with Crippen molar-refractivity contribution in [2.24, 2.45) is 0 Å². The number of hydrogen-bond acceptors (Lipinski definition) is 3. The number of benzene rings is 1. The molecule has 2 N–H and O–H groups in total. The molecule has 0 fully saturated rings.